The Kier molecular flexibility index (Phi) is 7.46. The second-order valence-corrected chi connectivity index (χ2v) is 7.60. The summed E-state index contributed by atoms with van der Waals surface area (Å²) in [7, 11) is -4.51. The molecule has 1 heterocycles. The van der Waals surface area contributed by atoms with Gasteiger partial charge in [-0.15, -0.1) is 12.4 Å². The molecule has 6 nitrogen and oxygen atoms in total. The van der Waals surface area contributed by atoms with Gasteiger partial charge in [0.15, 0.2) is 0 Å². The van der Waals surface area contributed by atoms with E-state index in [9.17, 15) is 26.4 Å². The van der Waals surface area contributed by atoms with Crippen molar-refractivity contribution in [2.75, 3.05) is 19.6 Å². The fourth-order valence-corrected chi connectivity index (χ4v) is 4.12. The number of alkyl halides is 3. The number of rotatable bonds is 4. The molecule has 0 radical (unpaired) electrons. The third-order valence-corrected chi connectivity index (χ3v) is 5.57. The van der Waals surface area contributed by atoms with Gasteiger partial charge in [-0.3, -0.25) is 4.79 Å². The molecule has 1 saturated heterocycles. The third kappa shape index (κ3) is 5.09. The first-order chi connectivity index (χ1) is 11.5. The quantitative estimate of drug-likeness (QED) is 0.783. The number of benzene rings is 1. The minimum absolute atomic E-state index is 0. The van der Waals surface area contributed by atoms with Crippen molar-refractivity contribution in [2.24, 2.45) is 0 Å². The topological polar surface area (TPSA) is 78.5 Å². The third-order valence-electron chi connectivity index (χ3n) is 3.97. The van der Waals surface area contributed by atoms with Gasteiger partial charge in [0, 0.05) is 25.7 Å². The highest BCUT2D eigenvalue weighted by Crippen LogP contribution is 2.33. The molecule has 2 atom stereocenters. The van der Waals surface area contributed by atoms with Gasteiger partial charge in [-0.05, 0) is 26.0 Å². The van der Waals surface area contributed by atoms with Gasteiger partial charge in [0.25, 0.3) is 0 Å². The monoisotopic (exact) mass is 415 g/mol. The van der Waals surface area contributed by atoms with Crippen LogP contribution in [0.2, 0.25) is 0 Å². The number of carbonyl (C=O) groups excluding carboxylic acids is 1. The standard InChI is InChI=1S/C15H20F3N3O3S.ClH/c1-10-9-19-7-8-21(10)14(22)11(2)20-25(23,24)13-6-4-3-5-12(13)15(16,17)18;/h3-6,10-11,19-20H,7-9H2,1-2H3;1H/t10-,11?;/m1./s1. The summed E-state index contributed by atoms with van der Waals surface area (Å²) >= 11 is 0. The van der Waals surface area contributed by atoms with Crippen LogP contribution in [0.3, 0.4) is 0 Å². The molecule has 1 unspecified atom stereocenters. The molecule has 0 aliphatic carbocycles. The van der Waals surface area contributed by atoms with Gasteiger partial charge in [-0.25, -0.2) is 8.42 Å². The van der Waals surface area contributed by atoms with E-state index in [-0.39, 0.29) is 18.4 Å². The lowest BCUT2D eigenvalue weighted by molar-refractivity contribution is -0.139. The molecule has 1 aliphatic heterocycles. The number of hydrogen-bond donors (Lipinski definition) is 2. The normalized spacial score (nSPS) is 19.6. The van der Waals surface area contributed by atoms with Crippen molar-refractivity contribution in [3.8, 4) is 0 Å². The minimum atomic E-state index is -4.81. The Morgan fingerprint density at radius 3 is 2.54 bits per heavy atom. The van der Waals surface area contributed by atoms with Crippen LogP contribution in [-0.4, -0.2) is 50.9 Å². The van der Waals surface area contributed by atoms with E-state index in [0.717, 1.165) is 12.1 Å². The lowest BCUT2D eigenvalue weighted by Gasteiger charge is -2.35. The number of carbonyl (C=O) groups is 1. The lowest BCUT2D eigenvalue weighted by atomic mass is 10.2. The van der Waals surface area contributed by atoms with Gasteiger partial charge in [0.1, 0.15) is 0 Å². The molecule has 1 aromatic rings. The summed E-state index contributed by atoms with van der Waals surface area (Å²) < 4.78 is 66.0. The van der Waals surface area contributed by atoms with Crippen molar-refractivity contribution < 1.29 is 26.4 Å². The first-order valence-corrected chi connectivity index (χ1v) is 9.22. The number of halogens is 4. The molecule has 2 rings (SSSR count). The Balaban J connectivity index is 0.00000338. The fourth-order valence-electron chi connectivity index (χ4n) is 2.70. The summed E-state index contributed by atoms with van der Waals surface area (Å²) in [6, 6.07) is 2.57. The van der Waals surface area contributed by atoms with Crippen LogP contribution >= 0.6 is 12.4 Å². The SMILES string of the molecule is CC(NS(=O)(=O)c1ccccc1C(F)(F)F)C(=O)N1CCNC[C@H]1C.Cl. The van der Waals surface area contributed by atoms with Crippen LogP contribution in [-0.2, 0) is 21.0 Å². The number of amides is 1. The molecule has 1 aromatic carbocycles. The maximum absolute atomic E-state index is 13.0. The number of nitrogens with one attached hydrogen (secondary N) is 2. The summed E-state index contributed by atoms with van der Waals surface area (Å²) in [5.41, 5.74) is -1.27. The predicted molar refractivity (Wildman–Crippen MR) is 92.5 cm³/mol. The Morgan fingerprint density at radius 1 is 1.35 bits per heavy atom. The number of piperazine rings is 1. The fraction of sp³-hybridized carbons (Fsp3) is 0.533. The average molecular weight is 416 g/mol. The van der Waals surface area contributed by atoms with Crippen molar-refractivity contribution in [3.63, 3.8) is 0 Å². The van der Waals surface area contributed by atoms with Crippen molar-refractivity contribution >= 4 is 28.3 Å². The molecule has 2 N–H and O–H groups in total. The summed E-state index contributed by atoms with van der Waals surface area (Å²) in [5, 5.41) is 3.10. The molecule has 148 valence electrons. The molecule has 1 amide bonds. The number of hydrogen-bond acceptors (Lipinski definition) is 4. The number of nitrogens with zero attached hydrogens (tertiary/aromatic N) is 1. The summed E-state index contributed by atoms with van der Waals surface area (Å²) in [6.45, 7) is 4.69. The van der Waals surface area contributed by atoms with Crippen LogP contribution < -0.4 is 10.0 Å². The Morgan fingerprint density at radius 2 is 1.96 bits per heavy atom. The van der Waals surface area contributed by atoms with Crippen LogP contribution in [0.5, 0.6) is 0 Å². The van der Waals surface area contributed by atoms with Crippen molar-refractivity contribution in [1.29, 1.82) is 0 Å². The molecule has 1 fully saturated rings. The van der Waals surface area contributed by atoms with Crippen LogP contribution in [0, 0.1) is 0 Å². The van der Waals surface area contributed by atoms with Crippen LogP contribution in [0.4, 0.5) is 13.2 Å². The van der Waals surface area contributed by atoms with Gasteiger partial charge >= 0.3 is 6.18 Å². The maximum atomic E-state index is 13.0. The van der Waals surface area contributed by atoms with Crippen LogP contribution in [0.25, 0.3) is 0 Å². The molecule has 11 heteroatoms. The molecule has 1 aliphatic rings. The minimum Gasteiger partial charge on any atom is -0.336 e. The summed E-state index contributed by atoms with van der Waals surface area (Å²) in [5.74, 6) is -0.470. The van der Waals surface area contributed by atoms with Gasteiger partial charge in [0.05, 0.1) is 16.5 Å². The van der Waals surface area contributed by atoms with E-state index in [2.05, 4.69) is 10.0 Å². The first kappa shape index (κ1) is 22.7. The van der Waals surface area contributed by atoms with Crippen molar-refractivity contribution in [1.82, 2.24) is 14.9 Å². The van der Waals surface area contributed by atoms with Gasteiger partial charge in [-0.2, -0.15) is 17.9 Å². The highest BCUT2D eigenvalue weighted by Gasteiger charge is 2.38. The van der Waals surface area contributed by atoms with E-state index in [4.69, 9.17) is 0 Å². The first-order valence-electron chi connectivity index (χ1n) is 7.74. The summed E-state index contributed by atoms with van der Waals surface area (Å²) in [6.07, 6.45) is -4.81. The Labute approximate surface area is 156 Å². The smallest absolute Gasteiger partial charge is 0.336 e. The molecule has 0 saturated carbocycles. The van der Waals surface area contributed by atoms with Gasteiger partial charge in [0.2, 0.25) is 15.9 Å². The zero-order valence-corrected chi connectivity index (χ0v) is 15.8. The van der Waals surface area contributed by atoms with Gasteiger partial charge in [-0.1, -0.05) is 12.1 Å². The van der Waals surface area contributed by atoms with Crippen molar-refractivity contribution in [2.45, 2.75) is 37.0 Å². The second-order valence-electron chi connectivity index (χ2n) is 5.92. The van der Waals surface area contributed by atoms with Crippen LogP contribution in [0.1, 0.15) is 19.4 Å². The predicted octanol–water partition coefficient (Wildman–Crippen LogP) is 1.61. The highest BCUT2D eigenvalue weighted by atomic mass is 35.5. The zero-order valence-electron chi connectivity index (χ0n) is 14.2. The largest absolute Gasteiger partial charge is 0.417 e. The molecule has 26 heavy (non-hydrogen) atoms. The summed E-state index contributed by atoms with van der Waals surface area (Å²) in [4.78, 5) is 13.1. The molecule has 0 aromatic heterocycles. The van der Waals surface area contributed by atoms with E-state index in [0.29, 0.717) is 25.7 Å². The Bertz CT molecular complexity index is 743. The van der Waals surface area contributed by atoms with Crippen LogP contribution in [0.15, 0.2) is 29.2 Å². The molecular formula is C15H21ClF3N3O3S. The van der Waals surface area contributed by atoms with E-state index in [1.54, 1.807) is 0 Å². The molecule has 0 bridgehead atoms. The Hall–Kier alpha value is -1.36. The van der Waals surface area contributed by atoms with Gasteiger partial charge < -0.3 is 10.2 Å². The number of sulfonamides is 1. The lowest BCUT2D eigenvalue weighted by Crippen LogP contribution is -2.57. The maximum Gasteiger partial charge on any atom is 0.417 e. The zero-order chi connectivity index (χ0) is 18.8. The van der Waals surface area contributed by atoms with E-state index in [1.165, 1.54) is 17.9 Å². The second kappa shape index (κ2) is 8.55. The molecular weight excluding hydrogens is 395 g/mol. The van der Waals surface area contributed by atoms with Crippen molar-refractivity contribution in [3.05, 3.63) is 29.8 Å². The average Bonchev–Trinajstić information content (AvgIpc) is 2.53. The molecule has 0 spiro atoms. The van der Waals surface area contributed by atoms with E-state index < -0.39 is 38.6 Å². The van der Waals surface area contributed by atoms with E-state index >= 15 is 0 Å². The van der Waals surface area contributed by atoms with E-state index in [1.807, 2.05) is 6.92 Å². The highest BCUT2D eigenvalue weighted by molar-refractivity contribution is 7.89.